The molecule has 2 aliphatic rings. The molecule has 1 atom stereocenters. The lowest BCUT2D eigenvalue weighted by molar-refractivity contribution is -0.138. The summed E-state index contributed by atoms with van der Waals surface area (Å²) in [6.45, 7) is 7.70. The number of likely N-dealkylation sites (tertiary alicyclic amines) is 1. The van der Waals surface area contributed by atoms with Crippen LogP contribution in [0.2, 0.25) is 0 Å². The van der Waals surface area contributed by atoms with Crippen LogP contribution in [-0.2, 0) is 15.8 Å². The van der Waals surface area contributed by atoms with Crippen molar-refractivity contribution >= 4 is 23.5 Å². The van der Waals surface area contributed by atoms with Crippen LogP contribution in [0.4, 0.5) is 23.7 Å². The molecule has 0 aliphatic carbocycles. The molecule has 3 rings (SSSR count). The number of imide groups is 1. The van der Waals surface area contributed by atoms with Gasteiger partial charge in [0.2, 0.25) is 5.91 Å². The molecule has 7 nitrogen and oxygen atoms in total. The van der Waals surface area contributed by atoms with E-state index < -0.39 is 46.9 Å². The van der Waals surface area contributed by atoms with Crippen molar-refractivity contribution in [2.24, 2.45) is 5.92 Å². The lowest BCUT2D eigenvalue weighted by atomic mass is 9.87. The molecule has 31 heavy (non-hydrogen) atoms. The van der Waals surface area contributed by atoms with Gasteiger partial charge in [-0.25, -0.2) is 9.69 Å². The predicted molar refractivity (Wildman–Crippen MR) is 108 cm³/mol. The minimum Gasteiger partial charge on any atom is -0.324 e. The highest BCUT2D eigenvalue weighted by Crippen LogP contribution is 2.35. The minimum absolute atomic E-state index is 0.421. The van der Waals surface area contributed by atoms with Gasteiger partial charge >= 0.3 is 12.2 Å². The first-order valence-corrected chi connectivity index (χ1v) is 10.3. The highest BCUT2D eigenvalue weighted by atomic mass is 19.4. The number of rotatable bonds is 5. The molecule has 2 fully saturated rings. The van der Waals surface area contributed by atoms with E-state index in [0.29, 0.717) is 31.8 Å². The molecule has 2 heterocycles. The molecular formula is C21H27F3N4O3. The van der Waals surface area contributed by atoms with Gasteiger partial charge in [-0.05, 0) is 37.8 Å². The molecule has 0 bridgehead atoms. The number of alkyl halides is 3. The Labute approximate surface area is 178 Å². The Morgan fingerprint density at radius 3 is 2.35 bits per heavy atom. The van der Waals surface area contributed by atoms with Crippen molar-refractivity contribution in [3.63, 3.8) is 0 Å². The molecule has 0 aromatic heterocycles. The van der Waals surface area contributed by atoms with E-state index in [-0.39, 0.29) is 0 Å². The summed E-state index contributed by atoms with van der Waals surface area (Å²) in [4.78, 5) is 41.4. The largest absolute Gasteiger partial charge is 0.418 e. The molecule has 10 heteroatoms. The molecule has 2 N–H and O–H groups in total. The third kappa shape index (κ3) is 4.68. The third-order valence-corrected chi connectivity index (χ3v) is 5.78. The molecular weight excluding hydrogens is 413 g/mol. The van der Waals surface area contributed by atoms with E-state index in [1.54, 1.807) is 0 Å². The Morgan fingerprint density at radius 2 is 1.77 bits per heavy atom. The van der Waals surface area contributed by atoms with Crippen molar-refractivity contribution in [2.45, 2.75) is 51.4 Å². The molecule has 1 aromatic carbocycles. The van der Waals surface area contributed by atoms with Gasteiger partial charge in [-0.15, -0.1) is 0 Å². The van der Waals surface area contributed by atoms with Crippen LogP contribution in [0.15, 0.2) is 24.3 Å². The van der Waals surface area contributed by atoms with E-state index >= 15 is 0 Å². The van der Waals surface area contributed by atoms with Crippen LogP contribution in [0.25, 0.3) is 0 Å². The molecule has 1 aromatic rings. The number of carbonyl (C=O) groups excluding carboxylic acids is 3. The minimum atomic E-state index is -4.65. The van der Waals surface area contributed by atoms with Gasteiger partial charge < -0.3 is 15.5 Å². The number of benzene rings is 1. The van der Waals surface area contributed by atoms with Crippen LogP contribution in [0.5, 0.6) is 0 Å². The van der Waals surface area contributed by atoms with Gasteiger partial charge in [0, 0.05) is 19.6 Å². The van der Waals surface area contributed by atoms with Crippen molar-refractivity contribution in [3.8, 4) is 0 Å². The molecule has 1 spiro atoms. The number of nitrogens with zero attached hydrogens (tertiary/aromatic N) is 2. The van der Waals surface area contributed by atoms with Crippen molar-refractivity contribution < 1.29 is 27.6 Å². The zero-order chi connectivity index (χ0) is 23.0. The van der Waals surface area contributed by atoms with Crippen LogP contribution < -0.4 is 10.6 Å². The van der Waals surface area contributed by atoms with Crippen molar-refractivity contribution in [3.05, 3.63) is 29.8 Å². The first-order chi connectivity index (χ1) is 14.4. The van der Waals surface area contributed by atoms with Crippen LogP contribution in [0.3, 0.4) is 0 Å². The SMILES string of the molecule is CC(C)CN1CCC2(CC1)NC(=O)N(C(C)C(=O)Nc1ccccc1C(F)(F)F)C2=O. The topological polar surface area (TPSA) is 81.8 Å². The van der Waals surface area contributed by atoms with E-state index in [0.717, 1.165) is 23.6 Å². The van der Waals surface area contributed by atoms with E-state index in [4.69, 9.17) is 0 Å². The van der Waals surface area contributed by atoms with E-state index in [2.05, 4.69) is 29.4 Å². The smallest absolute Gasteiger partial charge is 0.324 e. The van der Waals surface area contributed by atoms with Crippen LogP contribution in [0, 0.1) is 5.92 Å². The standard InChI is InChI=1S/C21H27F3N4O3/c1-13(2)12-27-10-8-20(9-11-27)18(30)28(19(31)26-20)14(3)17(29)25-16-7-5-4-6-15(16)21(22,23)24/h4-7,13-14H,8-12H2,1-3H3,(H,25,29)(H,26,31). The fourth-order valence-electron chi connectivity index (χ4n) is 4.16. The summed E-state index contributed by atoms with van der Waals surface area (Å²) in [6.07, 6.45) is -3.81. The van der Waals surface area contributed by atoms with Crippen molar-refractivity contribution in [2.75, 3.05) is 25.0 Å². The summed E-state index contributed by atoms with van der Waals surface area (Å²) >= 11 is 0. The summed E-state index contributed by atoms with van der Waals surface area (Å²) in [5.41, 5.74) is -2.49. The Bertz CT molecular complexity index is 864. The summed E-state index contributed by atoms with van der Waals surface area (Å²) < 4.78 is 39.6. The maximum absolute atomic E-state index is 13.2. The molecule has 0 radical (unpaired) electrons. The van der Waals surface area contributed by atoms with Crippen LogP contribution in [0.1, 0.15) is 39.2 Å². The number of anilines is 1. The van der Waals surface area contributed by atoms with Gasteiger partial charge in [-0.3, -0.25) is 9.59 Å². The molecule has 170 valence electrons. The Kier molecular flexibility index (Phi) is 6.31. The van der Waals surface area contributed by atoms with Gasteiger partial charge in [-0.2, -0.15) is 13.2 Å². The maximum atomic E-state index is 13.2. The average Bonchev–Trinajstić information content (AvgIpc) is 2.92. The number of halogens is 3. The van der Waals surface area contributed by atoms with Gasteiger partial charge in [-0.1, -0.05) is 26.0 Å². The molecule has 2 saturated heterocycles. The summed E-state index contributed by atoms with van der Waals surface area (Å²) in [5, 5.41) is 4.94. The second kappa shape index (κ2) is 8.49. The highest BCUT2D eigenvalue weighted by Gasteiger charge is 2.54. The van der Waals surface area contributed by atoms with E-state index in [1.807, 2.05) is 0 Å². The molecule has 1 unspecified atom stereocenters. The number of para-hydroxylation sites is 1. The Hall–Kier alpha value is -2.62. The van der Waals surface area contributed by atoms with Crippen molar-refractivity contribution in [1.82, 2.24) is 15.1 Å². The number of carbonyl (C=O) groups is 3. The second-order valence-electron chi connectivity index (χ2n) is 8.59. The lowest BCUT2D eigenvalue weighted by Gasteiger charge is -2.38. The third-order valence-electron chi connectivity index (χ3n) is 5.78. The van der Waals surface area contributed by atoms with Gasteiger partial charge in [0.25, 0.3) is 5.91 Å². The quantitative estimate of drug-likeness (QED) is 0.690. The predicted octanol–water partition coefficient (Wildman–Crippen LogP) is 3.07. The highest BCUT2D eigenvalue weighted by molar-refractivity contribution is 6.11. The summed E-state index contributed by atoms with van der Waals surface area (Å²) in [5.74, 6) is -0.898. The van der Waals surface area contributed by atoms with Crippen LogP contribution >= 0.6 is 0 Å². The second-order valence-corrected chi connectivity index (χ2v) is 8.59. The van der Waals surface area contributed by atoms with E-state index in [9.17, 15) is 27.6 Å². The molecule has 0 saturated carbocycles. The molecule has 4 amide bonds. The summed E-state index contributed by atoms with van der Waals surface area (Å²) in [6, 6.07) is 2.60. The van der Waals surface area contributed by atoms with Gasteiger partial charge in [0.15, 0.2) is 0 Å². The Morgan fingerprint density at radius 1 is 1.16 bits per heavy atom. The average molecular weight is 440 g/mol. The Balaban J connectivity index is 1.71. The number of piperidine rings is 1. The molecule has 2 aliphatic heterocycles. The van der Waals surface area contributed by atoms with Crippen molar-refractivity contribution in [1.29, 1.82) is 0 Å². The summed E-state index contributed by atoms with van der Waals surface area (Å²) in [7, 11) is 0. The van der Waals surface area contributed by atoms with Gasteiger partial charge in [0.05, 0.1) is 11.3 Å². The fourth-order valence-corrected chi connectivity index (χ4v) is 4.16. The number of amides is 4. The number of nitrogens with one attached hydrogen (secondary N) is 2. The monoisotopic (exact) mass is 440 g/mol. The number of urea groups is 1. The number of hydrogen-bond acceptors (Lipinski definition) is 4. The normalized spacial score (nSPS) is 20.3. The first-order valence-electron chi connectivity index (χ1n) is 10.3. The number of hydrogen-bond donors (Lipinski definition) is 2. The van der Waals surface area contributed by atoms with E-state index in [1.165, 1.54) is 19.1 Å². The zero-order valence-corrected chi connectivity index (χ0v) is 17.8. The van der Waals surface area contributed by atoms with Crippen LogP contribution in [-0.4, -0.2) is 58.9 Å². The first kappa shape index (κ1) is 23.1. The van der Waals surface area contributed by atoms with Gasteiger partial charge in [0.1, 0.15) is 11.6 Å². The lowest BCUT2D eigenvalue weighted by Crippen LogP contribution is -2.56. The zero-order valence-electron chi connectivity index (χ0n) is 17.8. The maximum Gasteiger partial charge on any atom is 0.418 e. The fraction of sp³-hybridized carbons (Fsp3) is 0.571.